The molecule has 0 unspecified atom stereocenters. The maximum absolute atomic E-state index is 13.6. The maximum Gasteiger partial charge on any atom is 0.417 e. The second-order valence-electron chi connectivity index (χ2n) is 7.15. The van der Waals surface area contributed by atoms with Crippen LogP contribution in [-0.2, 0) is 6.18 Å². The van der Waals surface area contributed by atoms with Crippen molar-refractivity contribution < 1.29 is 37.8 Å². The van der Waals surface area contributed by atoms with Gasteiger partial charge in [0.2, 0.25) is 0 Å². The molecular formula is C23H12ClF3N2O5. The molecule has 0 aliphatic heterocycles. The molecule has 0 radical (unpaired) electrons. The highest BCUT2D eigenvalue weighted by Gasteiger charge is 2.37. The lowest BCUT2D eigenvalue weighted by Crippen LogP contribution is -2.20. The Kier molecular flexibility index (Phi) is 5.62. The van der Waals surface area contributed by atoms with Crippen LogP contribution in [0.5, 0.6) is 0 Å². The van der Waals surface area contributed by atoms with Gasteiger partial charge in [0, 0.05) is 10.9 Å². The standard InChI is InChI=1S/C23H12ClF3N2O5/c24-16-3-1-2-15(23(25,26)27)18(16)20(30)29-17-10-13(22(33)34)8-9-14(17)19(28-29)11-4-6-12(7-5-11)21(31)32/h1-10H,(H,31,32)(H,33,34). The third kappa shape index (κ3) is 3.99. The van der Waals surface area contributed by atoms with Crippen molar-refractivity contribution in [2.75, 3.05) is 0 Å². The number of aromatic nitrogens is 2. The topological polar surface area (TPSA) is 109 Å². The molecule has 1 heterocycles. The Balaban J connectivity index is 1.98. The Bertz CT molecular complexity index is 1480. The summed E-state index contributed by atoms with van der Waals surface area (Å²) in [5.74, 6) is -3.69. The lowest BCUT2D eigenvalue weighted by molar-refractivity contribution is -0.137. The van der Waals surface area contributed by atoms with Crippen LogP contribution >= 0.6 is 11.6 Å². The van der Waals surface area contributed by atoms with E-state index in [1.54, 1.807) is 0 Å². The monoisotopic (exact) mass is 488 g/mol. The molecule has 2 N–H and O–H groups in total. The van der Waals surface area contributed by atoms with Gasteiger partial charge in [0.05, 0.1) is 32.8 Å². The highest BCUT2D eigenvalue weighted by atomic mass is 35.5. The molecule has 7 nitrogen and oxygen atoms in total. The van der Waals surface area contributed by atoms with E-state index in [0.717, 1.165) is 18.2 Å². The molecule has 172 valence electrons. The molecule has 0 spiro atoms. The minimum Gasteiger partial charge on any atom is -0.478 e. The fourth-order valence-corrected chi connectivity index (χ4v) is 3.73. The zero-order chi connectivity index (χ0) is 24.8. The Morgan fingerprint density at radius 3 is 2.09 bits per heavy atom. The van der Waals surface area contributed by atoms with E-state index in [0.29, 0.717) is 16.3 Å². The molecule has 11 heteroatoms. The molecule has 4 rings (SSSR count). The van der Waals surface area contributed by atoms with E-state index < -0.39 is 40.2 Å². The number of halogens is 4. The number of carbonyl (C=O) groups is 3. The largest absolute Gasteiger partial charge is 0.478 e. The molecule has 0 fully saturated rings. The van der Waals surface area contributed by atoms with Gasteiger partial charge in [-0.1, -0.05) is 29.8 Å². The van der Waals surface area contributed by atoms with Crippen LogP contribution in [0.25, 0.3) is 22.2 Å². The molecule has 0 saturated carbocycles. The first-order valence-electron chi connectivity index (χ1n) is 9.49. The quantitative estimate of drug-likeness (QED) is 0.395. The summed E-state index contributed by atoms with van der Waals surface area (Å²) in [4.78, 5) is 35.9. The smallest absolute Gasteiger partial charge is 0.417 e. The number of benzene rings is 3. The van der Waals surface area contributed by atoms with E-state index >= 15 is 0 Å². The first-order chi connectivity index (χ1) is 16.0. The molecule has 0 bridgehead atoms. The fraction of sp³-hybridized carbons (Fsp3) is 0.0435. The van der Waals surface area contributed by atoms with Gasteiger partial charge in [-0.05, 0) is 42.5 Å². The van der Waals surface area contributed by atoms with Crippen molar-refractivity contribution in [3.05, 3.63) is 87.9 Å². The number of carboxylic acids is 2. The van der Waals surface area contributed by atoms with Gasteiger partial charge in [0.15, 0.2) is 0 Å². The second-order valence-corrected chi connectivity index (χ2v) is 7.55. The van der Waals surface area contributed by atoms with Crippen molar-refractivity contribution in [1.82, 2.24) is 9.78 Å². The van der Waals surface area contributed by atoms with E-state index in [-0.39, 0.29) is 27.7 Å². The van der Waals surface area contributed by atoms with Crippen LogP contribution in [0.4, 0.5) is 13.2 Å². The molecule has 3 aromatic carbocycles. The minimum absolute atomic E-state index is 0.0115. The van der Waals surface area contributed by atoms with Gasteiger partial charge in [-0.25, -0.2) is 9.59 Å². The zero-order valence-electron chi connectivity index (χ0n) is 16.8. The van der Waals surface area contributed by atoms with Gasteiger partial charge in [-0.15, -0.1) is 0 Å². The predicted octanol–water partition coefficient (Wildman–Crippen LogP) is 5.46. The molecule has 4 aromatic rings. The molecule has 1 aromatic heterocycles. The van der Waals surface area contributed by atoms with E-state index in [2.05, 4.69) is 5.10 Å². The Hall–Kier alpha value is -4.18. The van der Waals surface area contributed by atoms with Crippen LogP contribution < -0.4 is 0 Å². The summed E-state index contributed by atoms with van der Waals surface area (Å²) in [6.07, 6.45) is -4.89. The average molecular weight is 489 g/mol. The van der Waals surface area contributed by atoms with Gasteiger partial charge >= 0.3 is 18.1 Å². The van der Waals surface area contributed by atoms with Crippen LogP contribution in [0, 0.1) is 0 Å². The van der Waals surface area contributed by atoms with Gasteiger partial charge in [-0.3, -0.25) is 4.79 Å². The normalized spacial score (nSPS) is 11.5. The zero-order valence-corrected chi connectivity index (χ0v) is 17.6. The summed E-state index contributed by atoms with van der Waals surface area (Å²) in [6.45, 7) is 0. The van der Waals surface area contributed by atoms with Crippen LogP contribution in [0.3, 0.4) is 0 Å². The first kappa shape index (κ1) is 23.0. The van der Waals surface area contributed by atoms with Gasteiger partial charge in [-0.2, -0.15) is 23.0 Å². The summed E-state index contributed by atoms with van der Waals surface area (Å²) in [5, 5.41) is 22.4. The number of carboxylic acid groups (broad SMARTS) is 2. The minimum atomic E-state index is -4.89. The number of alkyl halides is 3. The van der Waals surface area contributed by atoms with E-state index in [9.17, 15) is 32.7 Å². The molecule has 0 aliphatic carbocycles. The Morgan fingerprint density at radius 2 is 1.50 bits per heavy atom. The Morgan fingerprint density at radius 1 is 0.882 bits per heavy atom. The number of aromatic carboxylic acids is 2. The van der Waals surface area contributed by atoms with E-state index in [1.165, 1.54) is 36.4 Å². The highest BCUT2D eigenvalue weighted by molar-refractivity contribution is 6.34. The molecule has 0 amide bonds. The Labute approximate surface area is 193 Å². The summed E-state index contributed by atoms with van der Waals surface area (Å²) in [7, 11) is 0. The lowest BCUT2D eigenvalue weighted by atomic mass is 10.0. The fourth-order valence-electron chi connectivity index (χ4n) is 3.47. The maximum atomic E-state index is 13.6. The highest BCUT2D eigenvalue weighted by Crippen LogP contribution is 2.37. The van der Waals surface area contributed by atoms with Crippen molar-refractivity contribution in [3.8, 4) is 11.3 Å². The molecule has 0 saturated heterocycles. The van der Waals surface area contributed by atoms with Crippen molar-refractivity contribution in [2.45, 2.75) is 6.18 Å². The molecule has 34 heavy (non-hydrogen) atoms. The van der Waals surface area contributed by atoms with Crippen molar-refractivity contribution in [3.63, 3.8) is 0 Å². The van der Waals surface area contributed by atoms with Crippen LogP contribution in [0.1, 0.15) is 36.6 Å². The molecule has 0 aliphatic rings. The number of fused-ring (bicyclic) bond motifs is 1. The second kappa shape index (κ2) is 8.31. The first-order valence-corrected chi connectivity index (χ1v) is 9.87. The van der Waals surface area contributed by atoms with Crippen LogP contribution in [0.15, 0.2) is 60.7 Å². The molecule has 0 atom stereocenters. The van der Waals surface area contributed by atoms with Crippen LogP contribution in [0.2, 0.25) is 5.02 Å². The van der Waals surface area contributed by atoms with Gasteiger partial charge in [0.25, 0.3) is 5.91 Å². The summed E-state index contributed by atoms with van der Waals surface area (Å²) < 4.78 is 41.5. The van der Waals surface area contributed by atoms with Crippen molar-refractivity contribution >= 4 is 40.3 Å². The third-order valence-corrected chi connectivity index (χ3v) is 5.37. The summed E-state index contributed by atoms with van der Waals surface area (Å²) in [6, 6.07) is 12.1. The lowest BCUT2D eigenvalue weighted by Gasteiger charge is -2.13. The van der Waals surface area contributed by atoms with Gasteiger partial charge in [0.1, 0.15) is 5.69 Å². The summed E-state index contributed by atoms with van der Waals surface area (Å²) >= 11 is 5.97. The SMILES string of the molecule is O=C(O)c1ccc(-c2nn(C(=O)c3c(Cl)cccc3C(F)(F)F)c3cc(C(=O)O)ccc23)cc1. The van der Waals surface area contributed by atoms with E-state index in [4.69, 9.17) is 16.7 Å². The molecular weight excluding hydrogens is 477 g/mol. The average Bonchev–Trinajstić information content (AvgIpc) is 3.16. The predicted molar refractivity (Wildman–Crippen MR) is 115 cm³/mol. The third-order valence-electron chi connectivity index (χ3n) is 5.06. The number of hydrogen-bond donors (Lipinski definition) is 2. The summed E-state index contributed by atoms with van der Waals surface area (Å²) in [5.41, 5.74) is -1.90. The van der Waals surface area contributed by atoms with Crippen LogP contribution in [-0.4, -0.2) is 37.8 Å². The number of rotatable bonds is 4. The van der Waals surface area contributed by atoms with E-state index in [1.807, 2.05) is 0 Å². The number of nitrogens with zero attached hydrogens (tertiary/aromatic N) is 2. The van der Waals surface area contributed by atoms with Crippen molar-refractivity contribution in [1.29, 1.82) is 0 Å². The number of carbonyl (C=O) groups excluding carboxylic acids is 1. The number of hydrogen-bond acceptors (Lipinski definition) is 4. The van der Waals surface area contributed by atoms with Gasteiger partial charge < -0.3 is 10.2 Å². The van der Waals surface area contributed by atoms with Crippen molar-refractivity contribution in [2.24, 2.45) is 0 Å².